The second-order valence-corrected chi connectivity index (χ2v) is 21.2. The summed E-state index contributed by atoms with van der Waals surface area (Å²) in [6.07, 6.45) is -10.8. The molecule has 3 N–H and O–H groups in total. The molecule has 5 rings (SSSR count). The molecule has 3 heterocycles. The van der Waals surface area contributed by atoms with Crippen LogP contribution in [-0.2, 0) is 37.8 Å². The maximum absolute atomic E-state index is 15.0. The molecule has 0 bridgehead atoms. The van der Waals surface area contributed by atoms with Crippen molar-refractivity contribution in [3.63, 3.8) is 0 Å². The van der Waals surface area contributed by atoms with Crippen LogP contribution in [0.3, 0.4) is 0 Å². The van der Waals surface area contributed by atoms with E-state index in [1.54, 1.807) is 83.1 Å². The lowest BCUT2D eigenvalue weighted by molar-refractivity contribution is -0.138. The first-order chi connectivity index (χ1) is 34.0. The van der Waals surface area contributed by atoms with Gasteiger partial charge in [0.2, 0.25) is 11.9 Å². The van der Waals surface area contributed by atoms with Crippen molar-refractivity contribution in [1.82, 2.24) is 35.2 Å². The number of rotatable bonds is 6. The monoisotopic (exact) mass is 1050 g/mol. The minimum Gasteiger partial charge on any atom is -0.444 e. The van der Waals surface area contributed by atoms with Gasteiger partial charge in [0.05, 0.1) is 17.7 Å². The second-order valence-electron chi connectivity index (χ2n) is 21.2. The summed E-state index contributed by atoms with van der Waals surface area (Å²) in [5.74, 6) is -0.805. The van der Waals surface area contributed by atoms with Gasteiger partial charge in [0.1, 0.15) is 22.4 Å². The van der Waals surface area contributed by atoms with Crippen LogP contribution in [0.1, 0.15) is 118 Å². The molecule has 1 aromatic heterocycles. The van der Waals surface area contributed by atoms with Crippen molar-refractivity contribution in [1.29, 1.82) is 0 Å². The van der Waals surface area contributed by atoms with Crippen LogP contribution in [-0.4, -0.2) is 121 Å². The summed E-state index contributed by atoms with van der Waals surface area (Å²) >= 11 is 0. The molecule has 0 aliphatic carbocycles. The van der Waals surface area contributed by atoms with Gasteiger partial charge < -0.3 is 38.4 Å². The Morgan fingerprint density at radius 1 is 0.581 bits per heavy atom. The van der Waals surface area contributed by atoms with E-state index in [0.717, 1.165) is 12.1 Å². The molecule has 0 saturated carbocycles. The van der Waals surface area contributed by atoms with Crippen molar-refractivity contribution >= 4 is 47.4 Å². The fourth-order valence-corrected chi connectivity index (χ4v) is 7.54. The van der Waals surface area contributed by atoms with E-state index < -0.39 is 76.9 Å². The average Bonchev–Trinajstić information content (AvgIpc) is 3.66. The number of guanidine groups is 2. The van der Waals surface area contributed by atoms with Crippen LogP contribution in [0.4, 0.5) is 45.5 Å². The van der Waals surface area contributed by atoms with Gasteiger partial charge in [-0.2, -0.15) is 26.3 Å². The van der Waals surface area contributed by atoms with Crippen molar-refractivity contribution in [3.8, 4) is 22.8 Å². The van der Waals surface area contributed by atoms with E-state index >= 15 is 0 Å². The topological polar surface area (TPSA) is 211 Å². The van der Waals surface area contributed by atoms with Crippen molar-refractivity contribution in [3.05, 3.63) is 70.8 Å². The summed E-state index contributed by atoms with van der Waals surface area (Å²) in [7, 11) is 0. The number of alkyl halides is 6. The molecule has 18 nitrogen and oxygen atoms in total. The van der Waals surface area contributed by atoms with Crippen LogP contribution in [0.25, 0.3) is 33.9 Å². The van der Waals surface area contributed by atoms with Crippen molar-refractivity contribution in [2.75, 3.05) is 32.8 Å². The summed E-state index contributed by atoms with van der Waals surface area (Å²) in [4.78, 5) is 61.6. The van der Waals surface area contributed by atoms with E-state index in [9.17, 15) is 50.6 Å². The van der Waals surface area contributed by atoms with E-state index in [1.807, 2.05) is 0 Å². The smallest absolute Gasteiger partial charge is 0.437 e. The van der Waals surface area contributed by atoms with Crippen LogP contribution >= 0.6 is 0 Å². The number of aliphatic hydroxyl groups excluding tert-OH is 1. The van der Waals surface area contributed by atoms with Crippen LogP contribution in [0.15, 0.2) is 58.5 Å². The Labute approximate surface area is 424 Å². The van der Waals surface area contributed by atoms with Gasteiger partial charge in [0, 0.05) is 43.9 Å². The minimum atomic E-state index is -4.92. The number of carbonyl (C=O) groups excluding carboxylic acids is 4. The molecule has 0 unspecified atom stereocenters. The molecular weight excluding hydrogens is 985 g/mol. The molecule has 404 valence electrons. The molecule has 3 aromatic rings. The Morgan fingerprint density at radius 2 is 0.932 bits per heavy atom. The molecule has 0 atom stereocenters. The lowest BCUT2D eigenvalue weighted by Crippen LogP contribution is -2.48. The molecule has 0 radical (unpaired) electrons. The first-order valence-electron chi connectivity index (χ1n) is 23.5. The largest absolute Gasteiger partial charge is 0.444 e. The van der Waals surface area contributed by atoms with Crippen LogP contribution in [0.2, 0.25) is 0 Å². The Morgan fingerprint density at radius 3 is 1.22 bits per heavy atom. The number of hydrogen-bond acceptors (Lipinski definition) is 11. The number of amides is 4. The Hall–Kier alpha value is -6.98. The highest BCUT2D eigenvalue weighted by molar-refractivity contribution is 6.00. The van der Waals surface area contributed by atoms with Crippen molar-refractivity contribution in [2.45, 2.75) is 137 Å². The van der Waals surface area contributed by atoms with Gasteiger partial charge in [-0.15, -0.1) is 20.2 Å². The number of nitrogens with one attached hydrogen (secondary N) is 2. The van der Waals surface area contributed by atoms with Gasteiger partial charge in [-0.3, -0.25) is 10.6 Å². The number of benzene rings is 2. The standard InChI is InChI=1S/C50H63F6N9O9/c1-45(2,3)71-41(67)57-39(58-42(68)72-46(4,5)6)63-21-17-29(18-22-63)33-15-13-31(27-35(33)49(51,52)53)37-61-62-38(65(37)25-26-66)32-14-16-34(36(28-32)50(54,55)56)30-19-23-64(24-20-30)40(59-43(69)73-47(7,8)9)60-44(70)74-48(10,11)12/h13-17,19,27-28,66H,18,20-26H2,1-12H3,(H,57,58,67,68)(H,59,60,69,70). The Balaban J connectivity index is 1.46. The number of halogens is 6. The van der Waals surface area contributed by atoms with E-state index in [1.165, 1.54) is 50.8 Å². The van der Waals surface area contributed by atoms with Gasteiger partial charge in [0.25, 0.3) is 0 Å². The molecule has 4 amide bonds. The normalized spacial score (nSPS) is 15.5. The summed E-state index contributed by atoms with van der Waals surface area (Å²) < 4.78 is 112. The molecule has 2 aromatic carbocycles. The summed E-state index contributed by atoms with van der Waals surface area (Å²) in [6, 6.07) is 6.88. The molecule has 0 spiro atoms. The van der Waals surface area contributed by atoms with Crippen LogP contribution in [0.5, 0.6) is 0 Å². The molecule has 0 saturated heterocycles. The van der Waals surface area contributed by atoms with Crippen LogP contribution in [0, 0.1) is 0 Å². The van der Waals surface area contributed by atoms with Crippen molar-refractivity contribution < 1.29 is 69.6 Å². The zero-order valence-electron chi connectivity index (χ0n) is 43.4. The molecule has 2 aliphatic heterocycles. The molecular formula is C50H63F6N9O9. The highest BCUT2D eigenvalue weighted by atomic mass is 19.4. The summed E-state index contributed by atoms with van der Waals surface area (Å²) in [6.45, 7) is 18.5. The summed E-state index contributed by atoms with van der Waals surface area (Å²) in [5.41, 5.74) is -5.80. The van der Waals surface area contributed by atoms with Crippen molar-refractivity contribution in [2.24, 2.45) is 9.98 Å². The second kappa shape index (κ2) is 22.2. The quantitative estimate of drug-likeness (QED) is 0.0909. The maximum atomic E-state index is 15.0. The Kier molecular flexibility index (Phi) is 17.4. The predicted molar refractivity (Wildman–Crippen MR) is 262 cm³/mol. The number of ether oxygens (including phenoxy) is 4. The highest BCUT2D eigenvalue weighted by Gasteiger charge is 2.38. The fourth-order valence-electron chi connectivity index (χ4n) is 7.54. The first kappa shape index (κ1) is 57.9. The Bertz CT molecular complexity index is 2540. The van der Waals surface area contributed by atoms with Gasteiger partial charge in [-0.25, -0.2) is 19.2 Å². The molecule has 2 aliphatic rings. The third-order valence-corrected chi connectivity index (χ3v) is 10.4. The van der Waals surface area contributed by atoms with Gasteiger partial charge in [0.15, 0.2) is 11.6 Å². The number of aliphatic imine (C=N–C) groups is 2. The van der Waals surface area contributed by atoms with E-state index in [4.69, 9.17) is 18.9 Å². The SMILES string of the molecule is CC(C)(C)OC(=O)N=C(NC(=O)OC(C)(C)C)N1CC=C(c2ccc(-c3nnc(-c4ccc(C5=CCN(C(=NC(=O)OC(C)(C)C)NC(=O)OC(C)(C)C)CC5)c(C(F)(F)F)c4)n3CCO)cc2C(F)(F)F)CC1. The average molecular weight is 1050 g/mol. The third-order valence-electron chi connectivity index (χ3n) is 10.4. The van der Waals surface area contributed by atoms with Gasteiger partial charge in [-0.05, 0) is 130 Å². The van der Waals surface area contributed by atoms with E-state index in [0.29, 0.717) is 0 Å². The maximum Gasteiger partial charge on any atom is 0.437 e. The lowest BCUT2D eigenvalue weighted by atomic mass is 9.92. The number of alkyl carbamates (subject to hydrolysis) is 2. The van der Waals surface area contributed by atoms with Gasteiger partial charge >= 0.3 is 36.7 Å². The number of aromatic nitrogens is 3. The zero-order valence-corrected chi connectivity index (χ0v) is 43.4. The van der Waals surface area contributed by atoms with Gasteiger partial charge in [-0.1, -0.05) is 36.4 Å². The third kappa shape index (κ3) is 16.5. The predicted octanol–water partition coefficient (Wildman–Crippen LogP) is 10.5. The lowest BCUT2D eigenvalue weighted by Gasteiger charge is -2.30. The van der Waals surface area contributed by atoms with E-state index in [-0.39, 0.29) is 103 Å². The number of nitrogens with zero attached hydrogens (tertiary/aromatic N) is 7. The number of aliphatic hydroxyl groups is 1. The number of carbonyl (C=O) groups is 4. The molecule has 0 fully saturated rings. The summed E-state index contributed by atoms with van der Waals surface area (Å²) in [5, 5.41) is 23.2. The molecule has 24 heteroatoms. The van der Waals surface area contributed by atoms with Crippen LogP contribution < -0.4 is 10.6 Å². The molecule has 74 heavy (non-hydrogen) atoms. The zero-order chi connectivity index (χ0) is 55.4. The minimum absolute atomic E-state index is 0.00198. The highest BCUT2D eigenvalue weighted by Crippen LogP contribution is 2.42. The fraction of sp³-hybridized carbons (Fsp3) is 0.520. The van der Waals surface area contributed by atoms with E-state index in [2.05, 4.69) is 30.8 Å². The first-order valence-corrected chi connectivity index (χ1v) is 23.5. The number of hydrogen-bond donors (Lipinski definition) is 3.